The maximum atomic E-state index is 11.0. The third-order valence-electron chi connectivity index (χ3n) is 1.48. The molecule has 0 spiro atoms. The van der Waals surface area contributed by atoms with E-state index in [2.05, 4.69) is 5.32 Å². The Balaban J connectivity index is 3.37. The van der Waals surface area contributed by atoms with Gasteiger partial charge in [-0.05, 0) is 6.92 Å². The molecule has 1 amide bonds. The summed E-state index contributed by atoms with van der Waals surface area (Å²) in [5.74, 6) is -1.36. The normalized spacial score (nSPS) is 9.69. The van der Waals surface area contributed by atoms with E-state index in [-0.39, 0.29) is 11.5 Å². The van der Waals surface area contributed by atoms with E-state index in [0.717, 1.165) is 6.07 Å². The number of amides is 1. The van der Waals surface area contributed by atoms with Gasteiger partial charge in [-0.15, -0.1) is 0 Å². The number of rotatable bonds is 1. The predicted molar refractivity (Wildman–Crippen MR) is 44.8 cm³/mol. The van der Waals surface area contributed by atoms with Crippen LogP contribution < -0.4 is 10.7 Å². The molecule has 0 aliphatic heterocycles. The Morgan fingerprint density at radius 2 is 2.23 bits per heavy atom. The molecule has 1 aromatic rings. The fraction of sp³-hybridized carbons (Fsp3) is 0.250. The molecule has 1 heterocycles. The molecular formula is C8H9NO4. The minimum Gasteiger partial charge on any atom is -0.501 e. The lowest BCUT2D eigenvalue weighted by molar-refractivity contribution is 0.0926. The summed E-state index contributed by atoms with van der Waals surface area (Å²) < 4.78 is 4.88. The molecule has 0 saturated carbocycles. The van der Waals surface area contributed by atoms with Gasteiger partial charge in [-0.25, -0.2) is 0 Å². The molecule has 2 N–H and O–H groups in total. The molecule has 0 radical (unpaired) electrons. The molecule has 0 aliphatic rings. The van der Waals surface area contributed by atoms with E-state index in [1.807, 2.05) is 0 Å². The lowest BCUT2D eigenvalue weighted by Crippen LogP contribution is -2.20. The molecule has 0 unspecified atom stereocenters. The predicted octanol–water partition coefficient (Wildman–Crippen LogP) is 0.0134. The first-order valence-corrected chi connectivity index (χ1v) is 3.62. The number of carbonyl (C=O) groups excluding carboxylic acids is 1. The molecule has 5 heteroatoms. The topological polar surface area (TPSA) is 79.5 Å². The monoisotopic (exact) mass is 183 g/mol. The number of aromatic hydroxyl groups is 1. The highest BCUT2D eigenvalue weighted by Gasteiger charge is 2.15. The first-order chi connectivity index (χ1) is 6.06. The van der Waals surface area contributed by atoms with Crippen LogP contribution in [0, 0.1) is 6.92 Å². The van der Waals surface area contributed by atoms with Crippen LogP contribution in [-0.2, 0) is 0 Å². The standard InChI is InChI=1S/C8H9NO4/c1-4-3-5(10)6(11)7(13-4)8(12)9-2/h3,11H,1-2H3,(H,9,12). The molecule has 1 aromatic heterocycles. The second-order valence-electron chi connectivity index (χ2n) is 2.48. The Hall–Kier alpha value is -1.78. The first kappa shape index (κ1) is 9.31. The van der Waals surface area contributed by atoms with Gasteiger partial charge in [-0.2, -0.15) is 0 Å². The maximum absolute atomic E-state index is 11.0. The maximum Gasteiger partial charge on any atom is 0.290 e. The van der Waals surface area contributed by atoms with Crippen LogP contribution in [0.2, 0.25) is 0 Å². The molecule has 0 fully saturated rings. The zero-order valence-corrected chi connectivity index (χ0v) is 7.25. The molecular weight excluding hydrogens is 174 g/mol. The van der Waals surface area contributed by atoms with Crippen LogP contribution in [-0.4, -0.2) is 18.1 Å². The molecule has 0 aliphatic carbocycles. The van der Waals surface area contributed by atoms with Crippen LogP contribution >= 0.6 is 0 Å². The SMILES string of the molecule is CNC(=O)c1oc(C)cc(=O)c1O. The van der Waals surface area contributed by atoms with Crippen LogP contribution in [0.15, 0.2) is 15.3 Å². The van der Waals surface area contributed by atoms with E-state index in [9.17, 15) is 9.59 Å². The summed E-state index contributed by atoms with van der Waals surface area (Å²) in [6.45, 7) is 1.52. The van der Waals surface area contributed by atoms with Gasteiger partial charge in [0, 0.05) is 13.1 Å². The Morgan fingerprint density at radius 3 is 2.77 bits per heavy atom. The second-order valence-corrected chi connectivity index (χ2v) is 2.48. The third kappa shape index (κ3) is 1.69. The summed E-state index contributed by atoms with van der Waals surface area (Å²) in [6.07, 6.45) is 0. The summed E-state index contributed by atoms with van der Waals surface area (Å²) in [7, 11) is 1.38. The van der Waals surface area contributed by atoms with E-state index < -0.39 is 17.1 Å². The van der Waals surface area contributed by atoms with Crippen molar-refractivity contribution in [2.75, 3.05) is 7.05 Å². The van der Waals surface area contributed by atoms with Gasteiger partial charge in [0.05, 0.1) is 0 Å². The van der Waals surface area contributed by atoms with Crippen molar-refractivity contribution in [2.24, 2.45) is 0 Å². The van der Waals surface area contributed by atoms with Crippen molar-refractivity contribution in [1.82, 2.24) is 5.32 Å². The average Bonchev–Trinajstić information content (AvgIpc) is 2.10. The highest BCUT2D eigenvalue weighted by Crippen LogP contribution is 2.12. The van der Waals surface area contributed by atoms with Gasteiger partial charge in [0.1, 0.15) is 5.76 Å². The smallest absolute Gasteiger partial charge is 0.290 e. The molecule has 70 valence electrons. The van der Waals surface area contributed by atoms with E-state index in [1.165, 1.54) is 14.0 Å². The average molecular weight is 183 g/mol. The third-order valence-corrected chi connectivity index (χ3v) is 1.48. The fourth-order valence-electron chi connectivity index (χ4n) is 0.871. The van der Waals surface area contributed by atoms with E-state index in [4.69, 9.17) is 9.52 Å². The summed E-state index contributed by atoms with van der Waals surface area (Å²) >= 11 is 0. The highest BCUT2D eigenvalue weighted by atomic mass is 16.4. The first-order valence-electron chi connectivity index (χ1n) is 3.62. The second kappa shape index (κ2) is 3.30. The number of aryl methyl sites for hydroxylation is 1. The molecule has 5 nitrogen and oxygen atoms in total. The van der Waals surface area contributed by atoms with Crippen molar-refractivity contribution in [3.8, 4) is 5.75 Å². The molecule has 0 bridgehead atoms. The zero-order chi connectivity index (χ0) is 10.0. The minimum absolute atomic E-state index is 0.279. The Labute approximate surface area is 74.0 Å². The van der Waals surface area contributed by atoms with Crippen molar-refractivity contribution < 1.29 is 14.3 Å². The van der Waals surface area contributed by atoms with Crippen molar-refractivity contribution in [1.29, 1.82) is 0 Å². The van der Waals surface area contributed by atoms with Crippen molar-refractivity contribution in [2.45, 2.75) is 6.92 Å². The van der Waals surface area contributed by atoms with Crippen LogP contribution in [0.1, 0.15) is 16.3 Å². The van der Waals surface area contributed by atoms with E-state index in [0.29, 0.717) is 0 Å². The highest BCUT2D eigenvalue weighted by molar-refractivity contribution is 5.93. The molecule has 0 saturated heterocycles. The summed E-state index contributed by atoms with van der Waals surface area (Å²) in [4.78, 5) is 22.0. The van der Waals surface area contributed by atoms with Crippen molar-refractivity contribution in [3.63, 3.8) is 0 Å². The van der Waals surface area contributed by atoms with Crippen LogP contribution in [0.25, 0.3) is 0 Å². The van der Waals surface area contributed by atoms with Crippen LogP contribution in [0.3, 0.4) is 0 Å². The Morgan fingerprint density at radius 1 is 1.62 bits per heavy atom. The van der Waals surface area contributed by atoms with Crippen LogP contribution in [0.5, 0.6) is 5.75 Å². The largest absolute Gasteiger partial charge is 0.501 e. The van der Waals surface area contributed by atoms with Crippen molar-refractivity contribution >= 4 is 5.91 Å². The minimum atomic E-state index is -0.662. The Kier molecular flexibility index (Phi) is 2.36. The van der Waals surface area contributed by atoms with E-state index in [1.54, 1.807) is 0 Å². The summed E-state index contributed by atoms with van der Waals surface area (Å²) in [5, 5.41) is 11.4. The van der Waals surface area contributed by atoms with Gasteiger partial charge < -0.3 is 14.8 Å². The summed E-state index contributed by atoms with van der Waals surface area (Å²) in [5.41, 5.74) is -0.623. The van der Waals surface area contributed by atoms with Crippen LogP contribution in [0.4, 0.5) is 0 Å². The quantitative estimate of drug-likeness (QED) is 0.642. The Bertz CT molecular complexity index is 394. The van der Waals surface area contributed by atoms with Gasteiger partial charge in [0.15, 0.2) is 0 Å². The number of hydrogen-bond donors (Lipinski definition) is 2. The molecule has 0 aromatic carbocycles. The van der Waals surface area contributed by atoms with Gasteiger partial charge in [0.25, 0.3) is 5.91 Å². The molecule has 0 atom stereocenters. The number of carbonyl (C=O) groups is 1. The van der Waals surface area contributed by atoms with Gasteiger partial charge in [0.2, 0.25) is 16.9 Å². The van der Waals surface area contributed by atoms with Gasteiger partial charge >= 0.3 is 0 Å². The zero-order valence-electron chi connectivity index (χ0n) is 7.25. The fourth-order valence-corrected chi connectivity index (χ4v) is 0.871. The van der Waals surface area contributed by atoms with Crippen molar-refractivity contribution in [3.05, 3.63) is 27.8 Å². The number of nitrogens with one attached hydrogen (secondary N) is 1. The van der Waals surface area contributed by atoms with E-state index >= 15 is 0 Å². The lowest BCUT2D eigenvalue weighted by Gasteiger charge is -2.01. The van der Waals surface area contributed by atoms with Gasteiger partial charge in [-0.1, -0.05) is 0 Å². The molecule has 13 heavy (non-hydrogen) atoms. The van der Waals surface area contributed by atoms with Gasteiger partial charge in [-0.3, -0.25) is 9.59 Å². The lowest BCUT2D eigenvalue weighted by atomic mass is 10.3. The number of hydrogen-bond acceptors (Lipinski definition) is 4. The summed E-state index contributed by atoms with van der Waals surface area (Å²) in [6, 6.07) is 1.11. The molecule has 1 rings (SSSR count).